The second kappa shape index (κ2) is 8.37. The lowest BCUT2D eigenvalue weighted by molar-refractivity contribution is -0.121. The van der Waals surface area contributed by atoms with Crippen molar-refractivity contribution in [3.8, 4) is 0 Å². The minimum atomic E-state index is -0.279. The van der Waals surface area contributed by atoms with Crippen LogP contribution in [0.2, 0.25) is 0 Å². The van der Waals surface area contributed by atoms with Gasteiger partial charge >= 0.3 is 0 Å². The van der Waals surface area contributed by atoms with Crippen LogP contribution in [-0.2, 0) is 28.9 Å². The maximum absolute atomic E-state index is 12.4. The molecule has 1 aliphatic carbocycles. The van der Waals surface area contributed by atoms with Crippen LogP contribution in [0.5, 0.6) is 0 Å². The predicted molar refractivity (Wildman–Crippen MR) is 113 cm³/mol. The molecule has 2 aliphatic rings. The van der Waals surface area contributed by atoms with Crippen molar-refractivity contribution in [1.29, 1.82) is 0 Å². The van der Waals surface area contributed by atoms with E-state index in [9.17, 15) is 14.4 Å². The Morgan fingerprint density at radius 1 is 1.17 bits per heavy atom. The fraction of sp³-hybridized carbons (Fsp3) is 0.409. The van der Waals surface area contributed by atoms with E-state index in [-0.39, 0.29) is 24.1 Å². The van der Waals surface area contributed by atoms with Crippen molar-refractivity contribution < 1.29 is 14.4 Å². The summed E-state index contributed by atoms with van der Waals surface area (Å²) in [5.41, 5.74) is 7.97. The van der Waals surface area contributed by atoms with Gasteiger partial charge in [-0.25, -0.2) is 0 Å². The third-order valence-electron chi connectivity index (χ3n) is 5.55. The van der Waals surface area contributed by atoms with Crippen LogP contribution < -0.4 is 15.8 Å². The van der Waals surface area contributed by atoms with Crippen LogP contribution in [0, 0.1) is 5.92 Å². The standard InChI is InChI=1S/C22H25N3O3S/c1-14-4-9-18-16(11-14)13-19(29-18)22(28)24-23-20(26)12-15-5-7-17(8-6-15)25-10-2-3-21(25)27/h5-8,13-14H,2-4,9-12H2,1H3,(H,23,26)(H,24,28). The lowest BCUT2D eigenvalue weighted by Crippen LogP contribution is -2.42. The summed E-state index contributed by atoms with van der Waals surface area (Å²) in [5, 5.41) is 0. The molecule has 0 saturated carbocycles. The number of nitrogens with one attached hydrogen (secondary N) is 2. The number of hydrazine groups is 1. The van der Waals surface area contributed by atoms with E-state index < -0.39 is 0 Å². The van der Waals surface area contributed by atoms with Gasteiger partial charge in [-0.2, -0.15) is 0 Å². The van der Waals surface area contributed by atoms with Gasteiger partial charge in [0.25, 0.3) is 5.91 Å². The van der Waals surface area contributed by atoms with E-state index in [2.05, 4.69) is 17.8 Å². The Hall–Kier alpha value is -2.67. The van der Waals surface area contributed by atoms with E-state index in [0.29, 0.717) is 17.2 Å². The Morgan fingerprint density at radius 2 is 1.97 bits per heavy atom. The molecule has 0 radical (unpaired) electrons. The van der Waals surface area contributed by atoms with Crippen molar-refractivity contribution in [3.05, 3.63) is 51.2 Å². The first-order valence-corrected chi connectivity index (χ1v) is 10.9. The molecule has 1 unspecified atom stereocenters. The summed E-state index contributed by atoms with van der Waals surface area (Å²) in [5.74, 6) is 0.247. The molecule has 7 heteroatoms. The van der Waals surface area contributed by atoms with E-state index in [0.717, 1.165) is 43.5 Å². The maximum atomic E-state index is 12.4. The molecule has 1 fully saturated rings. The second-order valence-electron chi connectivity index (χ2n) is 7.90. The Kier molecular flexibility index (Phi) is 5.67. The topological polar surface area (TPSA) is 78.5 Å². The Balaban J connectivity index is 1.29. The summed E-state index contributed by atoms with van der Waals surface area (Å²) in [4.78, 5) is 40.1. The number of fused-ring (bicyclic) bond motifs is 1. The van der Waals surface area contributed by atoms with Crippen LogP contribution in [0.15, 0.2) is 30.3 Å². The van der Waals surface area contributed by atoms with Gasteiger partial charge in [0.1, 0.15) is 0 Å². The molecule has 29 heavy (non-hydrogen) atoms. The molecule has 2 heterocycles. The smallest absolute Gasteiger partial charge is 0.279 e. The van der Waals surface area contributed by atoms with Crippen molar-refractivity contribution in [2.45, 2.75) is 45.4 Å². The summed E-state index contributed by atoms with van der Waals surface area (Å²) < 4.78 is 0. The highest BCUT2D eigenvalue weighted by molar-refractivity contribution is 7.14. The summed E-state index contributed by atoms with van der Waals surface area (Å²) in [6, 6.07) is 9.37. The number of aryl methyl sites for hydroxylation is 1. The van der Waals surface area contributed by atoms with Crippen LogP contribution in [0.1, 0.15) is 51.9 Å². The molecule has 2 N–H and O–H groups in total. The van der Waals surface area contributed by atoms with E-state index in [1.165, 1.54) is 21.8 Å². The van der Waals surface area contributed by atoms with E-state index >= 15 is 0 Å². The van der Waals surface area contributed by atoms with Gasteiger partial charge in [-0.15, -0.1) is 11.3 Å². The van der Waals surface area contributed by atoms with Crippen LogP contribution in [0.3, 0.4) is 0 Å². The zero-order valence-corrected chi connectivity index (χ0v) is 17.3. The van der Waals surface area contributed by atoms with Gasteiger partial charge < -0.3 is 4.90 Å². The molecule has 3 amide bonds. The average molecular weight is 412 g/mol. The summed E-state index contributed by atoms with van der Waals surface area (Å²) in [7, 11) is 0. The first kappa shape index (κ1) is 19.6. The average Bonchev–Trinajstić information content (AvgIpc) is 3.32. The Labute approximate surface area is 174 Å². The molecule has 4 rings (SSSR count). The fourth-order valence-electron chi connectivity index (χ4n) is 3.95. The summed E-state index contributed by atoms with van der Waals surface area (Å²) in [6.45, 7) is 2.98. The first-order chi connectivity index (χ1) is 14.0. The van der Waals surface area contributed by atoms with Gasteiger partial charge in [0.15, 0.2) is 0 Å². The number of carbonyl (C=O) groups excluding carboxylic acids is 3. The summed E-state index contributed by atoms with van der Waals surface area (Å²) >= 11 is 1.52. The molecule has 1 atom stereocenters. The molecule has 1 aromatic heterocycles. The number of carbonyl (C=O) groups is 3. The number of nitrogens with zero attached hydrogens (tertiary/aromatic N) is 1. The van der Waals surface area contributed by atoms with Gasteiger partial charge in [0, 0.05) is 23.5 Å². The SMILES string of the molecule is CC1CCc2sc(C(=O)NNC(=O)Cc3ccc(N4CCCC4=O)cc3)cc2C1. The van der Waals surface area contributed by atoms with Crippen molar-refractivity contribution in [1.82, 2.24) is 10.9 Å². The van der Waals surface area contributed by atoms with Crippen molar-refractivity contribution in [2.75, 3.05) is 11.4 Å². The fourth-order valence-corrected chi connectivity index (χ4v) is 5.05. The summed E-state index contributed by atoms with van der Waals surface area (Å²) in [6.07, 6.45) is 4.85. The van der Waals surface area contributed by atoms with Gasteiger partial charge in [-0.1, -0.05) is 19.1 Å². The number of amides is 3. The number of hydrogen-bond donors (Lipinski definition) is 2. The number of hydrogen-bond acceptors (Lipinski definition) is 4. The lowest BCUT2D eigenvalue weighted by Gasteiger charge is -2.16. The van der Waals surface area contributed by atoms with Gasteiger partial charge in [-0.05, 0) is 60.9 Å². The minimum absolute atomic E-state index is 0.142. The lowest BCUT2D eigenvalue weighted by atomic mass is 9.90. The largest absolute Gasteiger partial charge is 0.312 e. The van der Waals surface area contributed by atoms with Gasteiger partial charge in [-0.3, -0.25) is 25.2 Å². The highest BCUT2D eigenvalue weighted by Gasteiger charge is 2.22. The van der Waals surface area contributed by atoms with Crippen LogP contribution in [-0.4, -0.2) is 24.3 Å². The highest BCUT2D eigenvalue weighted by Crippen LogP contribution is 2.32. The highest BCUT2D eigenvalue weighted by atomic mass is 32.1. The monoisotopic (exact) mass is 411 g/mol. The zero-order chi connectivity index (χ0) is 20.4. The number of thiophene rings is 1. The van der Waals surface area contributed by atoms with Crippen molar-refractivity contribution in [3.63, 3.8) is 0 Å². The molecule has 152 valence electrons. The third-order valence-corrected chi connectivity index (χ3v) is 6.79. The Bertz CT molecular complexity index is 935. The third kappa shape index (κ3) is 4.50. The van der Waals surface area contributed by atoms with E-state index in [1.54, 1.807) is 4.90 Å². The van der Waals surface area contributed by atoms with Crippen LogP contribution in [0.25, 0.3) is 0 Å². The van der Waals surface area contributed by atoms with Crippen molar-refractivity contribution in [2.24, 2.45) is 5.92 Å². The van der Waals surface area contributed by atoms with Crippen LogP contribution >= 0.6 is 11.3 Å². The normalized spacial score (nSPS) is 18.4. The first-order valence-electron chi connectivity index (χ1n) is 10.1. The number of rotatable bonds is 4. The molecule has 2 aromatic rings. The molecular formula is C22H25N3O3S. The van der Waals surface area contributed by atoms with E-state index in [1.807, 2.05) is 30.3 Å². The zero-order valence-electron chi connectivity index (χ0n) is 16.5. The molecule has 0 bridgehead atoms. The molecule has 0 spiro atoms. The van der Waals surface area contributed by atoms with Crippen LogP contribution in [0.4, 0.5) is 5.69 Å². The molecule has 1 aromatic carbocycles. The molecule has 1 aliphatic heterocycles. The molecular weight excluding hydrogens is 386 g/mol. The maximum Gasteiger partial charge on any atom is 0.279 e. The van der Waals surface area contributed by atoms with Crippen molar-refractivity contribution >= 4 is 34.7 Å². The van der Waals surface area contributed by atoms with Gasteiger partial charge in [0.2, 0.25) is 11.8 Å². The number of anilines is 1. The quantitative estimate of drug-likeness (QED) is 0.759. The number of benzene rings is 1. The predicted octanol–water partition coefficient (Wildman–Crippen LogP) is 3.00. The second-order valence-corrected chi connectivity index (χ2v) is 9.04. The minimum Gasteiger partial charge on any atom is -0.312 e. The van der Waals surface area contributed by atoms with Gasteiger partial charge in [0.05, 0.1) is 11.3 Å². The van der Waals surface area contributed by atoms with E-state index in [4.69, 9.17) is 0 Å². The molecule has 6 nitrogen and oxygen atoms in total. The Morgan fingerprint density at radius 3 is 2.69 bits per heavy atom. The molecule has 1 saturated heterocycles.